The topological polar surface area (TPSA) is 18.5 Å². The van der Waals surface area contributed by atoms with Crippen molar-refractivity contribution in [3.8, 4) is 0 Å². The molecule has 2 nitrogen and oxygen atoms in total. The van der Waals surface area contributed by atoms with Crippen LogP contribution in [-0.4, -0.2) is 29.8 Å². The van der Waals surface area contributed by atoms with Crippen LogP contribution in [0.5, 0.6) is 0 Å². The van der Waals surface area contributed by atoms with E-state index >= 15 is 0 Å². The summed E-state index contributed by atoms with van der Waals surface area (Å²) in [5.74, 6) is 0.692. The normalized spacial score (nSPS) is 19.9. The Labute approximate surface area is 252 Å². The van der Waals surface area contributed by atoms with Crippen LogP contribution in [0.25, 0.3) is 6.08 Å². The molecule has 2 atom stereocenters. The summed E-state index contributed by atoms with van der Waals surface area (Å²) in [7, 11) is -3.21. The van der Waals surface area contributed by atoms with Crippen LogP contribution in [0, 0.1) is 11.3 Å². The molecule has 0 N–H and O–H groups in total. The molecule has 0 aliphatic heterocycles. The molecular formula is C29H40Cl2O2Si2Zr. The Morgan fingerprint density at radius 1 is 0.778 bits per heavy atom. The summed E-state index contributed by atoms with van der Waals surface area (Å²) >= 11 is 0. The Morgan fingerprint density at radius 3 is 2.00 bits per heavy atom. The van der Waals surface area contributed by atoms with Gasteiger partial charge in [-0.15, -0.1) is 0 Å². The van der Waals surface area contributed by atoms with Crippen LogP contribution >= 0.6 is 0 Å². The van der Waals surface area contributed by atoms with Gasteiger partial charge in [-0.1, -0.05) is 78.4 Å². The van der Waals surface area contributed by atoms with Gasteiger partial charge >= 0.3 is 26.2 Å². The van der Waals surface area contributed by atoms with Crippen molar-refractivity contribution < 1.29 is 59.9 Å². The predicted molar refractivity (Wildman–Crippen MR) is 146 cm³/mol. The molecule has 4 rings (SSSR count). The molecule has 3 aliphatic carbocycles. The summed E-state index contributed by atoms with van der Waals surface area (Å²) in [5.41, 5.74) is 5.70. The van der Waals surface area contributed by atoms with E-state index in [0.717, 1.165) is 26.1 Å². The second-order valence-electron chi connectivity index (χ2n) is 11.6. The molecule has 0 heterocycles. The second kappa shape index (κ2) is 13.7. The summed E-state index contributed by atoms with van der Waals surface area (Å²) in [6.07, 6.45) is 20.6. The van der Waals surface area contributed by atoms with Crippen LogP contribution in [-0.2, 0) is 35.1 Å². The molecule has 0 aromatic heterocycles. The molecule has 0 saturated heterocycles. The van der Waals surface area contributed by atoms with Crippen LogP contribution in [0.2, 0.25) is 39.3 Å². The molecule has 1 aromatic rings. The fourth-order valence-electron chi connectivity index (χ4n) is 5.48. The Bertz CT molecular complexity index is 1010. The van der Waals surface area contributed by atoms with Gasteiger partial charge in [-0.05, 0) is 68.8 Å². The molecule has 0 amide bonds. The number of halogens is 2. The van der Waals surface area contributed by atoms with Crippen molar-refractivity contribution in [1.29, 1.82) is 0 Å². The van der Waals surface area contributed by atoms with Gasteiger partial charge in [0.2, 0.25) is 0 Å². The number of allylic oxidation sites excluding steroid dienone is 9. The zero-order valence-corrected chi connectivity index (χ0v) is 28.5. The van der Waals surface area contributed by atoms with Crippen molar-refractivity contribution in [2.75, 3.05) is 13.2 Å². The maximum Gasteiger partial charge on any atom is 2.00 e. The van der Waals surface area contributed by atoms with Crippen molar-refractivity contribution >= 4 is 22.7 Å². The summed E-state index contributed by atoms with van der Waals surface area (Å²) in [6, 6.07) is 8.92. The van der Waals surface area contributed by atoms with E-state index in [4.69, 9.17) is 8.85 Å². The summed E-state index contributed by atoms with van der Waals surface area (Å²) < 4.78 is 13.0. The number of rotatable bonds is 10. The van der Waals surface area contributed by atoms with Crippen molar-refractivity contribution in [2.45, 2.75) is 58.0 Å². The van der Waals surface area contributed by atoms with E-state index in [-0.39, 0.29) is 56.4 Å². The minimum atomic E-state index is -1.60. The Kier molecular flexibility index (Phi) is 12.8. The summed E-state index contributed by atoms with van der Waals surface area (Å²) in [5, 5.41) is 0. The van der Waals surface area contributed by atoms with E-state index < -0.39 is 16.6 Å². The van der Waals surface area contributed by atoms with Crippen LogP contribution < -0.4 is 24.8 Å². The summed E-state index contributed by atoms with van der Waals surface area (Å²) in [4.78, 5) is 0. The molecule has 3 aliphatic rings. The zero-order chi connectivity index (χ0) is 23.7. The fourth-order valence-corrected chi connectivity index (χ4v) is 6.91. The monoisotopic (exact) mass is 636 g/mol. The van der Waals surface area contributed by atoms with Crippen molar-refractivity contribution in [1.82, 2.24) is 0 Å². The Hall–Kier alpha value is -0.263. The summed E-state index contributed by atoms with van der Waals surface area (Å²) in [6.45, 7) is 15.3. The van der Waals surface area contributed by atoms with Gasteiger partial charge in [-0.2, -0.15) is 0 Å². The van der Waals surface area contributed by atoms with Crippen molar-refractivity contribution in [3.63, 3.8) is 0 Å². The zero-order valence-electron chi connectivity index (χ0n) is 22.5. The first-order valence-corrected chi connectivity index (χ1v) is 19.2. The smallest absolute Gasteiger partial charge is 1.00 e. The van der Waals surface area contributed by atoms with E-state index in [1.165, 1.54) is 22.3 Å². The predicted octanol–water partition coefficient (Wildman–Crippen LogP) is 1.88. The molecule has 2 unspecified atom stereocenters. The van der Waals surface area contributed by atoms with Gasteiger partial charge in [-0.25, -0.2) is 0 Å². The van der Waals surface area contributed by atoms with Crippen LogP contribution in [0.15, 0.2) is 77.9 Å². The number of hydrogen-bond donors (Lipinski definition) is 0. The maximum absolute atomic E-state index is 6.48. The van der Waals surface area contributed by atoms with Gasteiger partial charge in [0.05, 0.1) is 0 Å². The molecular weight excluding hydrogens is 599 g/mol. The first kappa shape index (κ1) is 33.8. The van der Waals surface area contributed by atoms with E-state index in [9.17, 15) is 0 Å². The third kappa shape index (κ3) is 7.88. The minimum absolute atomic E-state index is 0. The molecule has 7 heteroatoms. The number of fused-ring (bicyclic) bond motifs is 2. The molecule has 0 radical (unpaired) electrons. The SMILES string of the molecule is C[Si](C)(C)OCCC(CCO[Si](C)(C)C)(C1=CC=C2C=CC=CC21)C1C=Cc2ccccc21.[Cl-].[Cl-].[Zr+2]. The number of hydrogen-bond acceptors (Lipinski definition) is 2. The van der Waals surface area contributed by atoms with Gasteiger partial charge in [0, 0.05) is 30.5 Å². The van der Waals surface area contributed by atoms with Crippen molar-refractivity contribution in [3.05, 3.63) is 89.1 Å². The third-order valence-corrected chi connectivity index (χ3v) is 9.13. The first-order chi connectivity index (χ1) is 15.6. The molecule has 0 bridgehead atoms. The molecule has 1 aromatic carbocycles. The molecule has 0 saturated carbocycles. The van der Waals surface area contributed by atoms with Crippen LogP contribution in [0.1, 0.15) is 29.9 Å². The molecule has 194 valence electrons. The van der Waals surface area contributed by atoms with Gasteiger partial charge in [0.1, 0.15) is 0 Å². The second-order valence-corrected chi connectivity index (χ2v) is 20.6. The number of benzene rings is 1. The molecule has 36 heavy (non-hydrogen) atoms. The van der Waals surface area contributed by atoms with Gasteiger partial charge in [0.25, 0.3) is 0 Å². The van der Waals surface area contributed by atoms with Gasteiger partial charge in [-0.3, -0.25) is 0 Å². The van der Waals surface area contributed by atoms with E-state index in [1.54, 1.807) is 0 Å². The van der Waals surface area contributed by atoms with E-state index in [2.05, 4.69) is 112 Å². The van der Waals surface area contributed by atoms with E-state index in [0.29, 0.717) is 11.8 Å². The van der Waals surface area contributed by atoms with Crippen molar-refractivity contribution in [2.24, 2.45) is 11.3 Å². The fraction of sp³-hybridized carbons (Fsp3) is 0.448. The molecule has 0 fully saturated rings. The standard InChI is InChI=1S/C29H40O2Si2.2ClH.Zr/c1-32(2,3)30-21-19-29(20-22-31-33(4,5)6,27-17-15-23-11-7-9-13-25(23)27)28-18-16-24-12-8-10-14-26(24)28;;;/h7-18,25,28H,19-22H2,1-6H3;2*1H;/q;;;+2/p-2. The van der Waals surface area contributed by atoms with E-state index in [1.807, 2.05) is 0 Å². The van der Waals surface area contributed by atoms with Crippen LogP contribution in [0.4, 0.5) is 0 Å². The molecule has 0 spiro atoms. The first-order valence-electron chi connectivity index (χ1n) is 12.4. The maximum atomic E-state index is 6.48. The van der Waals surface area contributed by atoms with Gasteiger partial charge < -0.3 is 33.7 Å². The average Bonchev–Trinajstić information content (AvgIpc) is 3.36. The Morgan fingerprint density at radius 2 is 1.39 bits per heavy atom. The van der Waals surface area contributed by atoms with Gasteiger partial charge in [0.15, 0.2) is 16.6 Å². The largest absolute Gasteiger partial charge is 2.00 e. The minimum Gasteiger partial charge on any atom is -1.00 e. The quantitative estimate of drug-likeness (QED) is 0.365. The Balaban J connectivity index is 0.00000216. The average molecular weight is 639 g/mol. The van der Waals surface area contributed by atoms with Crippen LogP contribution in [0.3, 0.4) is 0 Å². The third-order valence-electron chi connectivity index (χ3n) is 6.99.